The molecule has 1 atom stereocenters. The van der Waals surface area contributed by atoms with Crippen LogP contribution in [0.5, 0.6) is 17.2 Å². The molecular weight excluding hydrogens is 452 g/mol. The first-order valence-electron chi connectivity index (χ1n) is 11.6. The lowest BCUT2D eigenvalue weighted by Gasteiger charge is -2.17. The number of thioether (sulfide) groups is 1. The molecule has 1 aliphatic carbocycles. The fraction of sp³-hybridized carbons (Fsp3) is 0.400. The monoisotopic (exact) mass is 480 g/mol. The number of anilines is 1. The molecule has 34 heavy (non-hydrogen) atoms. The highest BCUT2D eigenvalue weighted by atomic mass is 32.2. The first kappa shape index (κ1) is 22.6. The molecule has 1 N–H and O–H groups in total. The molecule has 0 radical (unpaired) electrons. The van der Waals surface area contributed by atoms with Crippen molar-refractivity contribution in [3.05, 3.63) is 53.3 Å². The molecule has 8 nitrogen and oxygen atoms in total. The SMILES string of the molecule is CCn1c(COc2ccc3c(c2)CCCC3)nnc1SC(C)C(=O)Nc1ccc2c(c1)OCO2. The van der Waals surface area contributed by atoms with Gasteiger partial charge in [0.1, 0.15) is 12.4 Å². The van der Waals surface area contributed by atoms with E-state index in [0.717, 1.165) is 24.4 Å². The number of nitrogens with one attached hydrogen (secondary N) is 1. The molecule has 1 aliphatic heterocycles. The Morgan fingerprint density at radius 1 is 1.12 bits per heavy atom. The highest BCUT2D eigenvalue weighted by Gasteiger charge is 2.21. The zero-order valence-corrected chi connectivity index (χ0v) is 20.2. The van der Waals surface area contributed by atoms with Gasteiger partial charge in [0.25, 0.3) is 0 Å². The highest BCUT2D eigenvalue weighted by molar-refractivity contribution is 8.00. The normalized spacial score (nSPS) is 15.0. The predicted octanol–water partition coefficient (Wildman–Crippen LogP) is 4.60. The first-order chi connectivity index (χ1) is 16.6. The number of carbonyl (C=O) groups excluding carboxylic acids is 1. The van der Waals surface area contributed by atoms with Crippen LogP contribution >= 0.6 is 11.8 Å². The van der Waals surface area contributed by atoms with Crippen molar-refractivity contribution < 1.29 is 19.0 Å². The van der Waals surface area contributed by atoms with E-state index in [0.29, 0.717) is 35.5 Å². The number of nitrogens with zero attached hydrogens (tertiary/aromatic N) is 3. The minimum Gasteiger partial charge on any atom is -0.486 e. The summed E-state index contributed by atoms with van der Waals surface area (Å²) in [7, 11) is 0. The third-order valence-corrected chi connectivity index (χ3v) is 7.17. The van der Waals surface area contributed by atoms with Gasteiger partial charge in [-0.15, -0.1) is 10.2 Å². The Labute approximate surface area is 203 Å². The van der Waals surface area contributed by atoms with Crippen LogP contribution in [0.15, 0.2) is 41.6 Å². The third kappa shape index (κ3) is 4.84. The second kappa shape index (κ2) is 9.97. The quantitative estimate of drug-likeness (QED) is 0.471. The lowest BCUT2D eigenvalue weighted by Crippen LogP contribution is -2.23. The maximum atomic E-state index is 12.8. The molecule has 0 fully saturated rings. The fourth-order valence-corrected chi connectivity index (χ4v) is 5.14. The molecule has 1 amide bonds. The Morgan fingerprint density at radius 2 is 1.94 bits per heavy atom. The predicted molar refractivity (Wildman–Crippen MR) is 130 cm³/mol. The van der Waals surface area contributed by atoms with Gasteiger partial charge in [0, 0.05) is 18.3 Å². The molecule has 1 unspecified atom stereocenters. The zero-order chi connectivity index (χ0) is 23.5. The second-order valence-corrected chi connectivity index (χ2v) is 9.69. The van der Waals surface area contributed by atoms with Crippen molar-refractivity contribution in [1.29, 1.82) is 0 Å². The van der Waals surface area contributed by atoms with Gasteiger partial charge in [-0.1, -0.05) is 17.8 Å². The summed E-state index contributed by atoms with van der Waals surface area (Å²) in [5.41, 5.74) is 3.49. The minimum absolute atomic E-state index is 0.124. The summed E-state index contributed by atoms with van der Waals surface area (Å²) >= 11 is 1.37. The molecule has 2 heterocycles. The number of fused-ring (bicyclic) bond motifs is 2. The van der Waals surface area contributed by atoms with Crippen molar-refractivity contribution in [3.8, 4) is 17.2 Å². The maximum Gasteiger partial charge on any atom is 0.237 e. The van der Waals surface area contributed by atoms with Crippen LogP contribution in [0.1, 0.15) is 43.6 Å². The van der Waals surface area contributed by atoms with Gasteiger partial charge < -0.3 is 24.1 Å². The number of carbonyl (C=O) groups is 1. The summed E-state index contributed by atoms with van der Waals surface area (Å²) in [6, 6.07) is 11.7. The number of aryl methyl sites for hydroxylation is 2. The summed E-state index contributed by atoms with van der Waals surface area (Å²) in [6.07, 6.45) is 4.77. The van der Waals surface area contributed by atoms with Crippen molar-refractivity contribution in [2.24, 2.45) is 0 Å². The Hall–Kier alpha value is -3.20. The number of hydrogen-bond acceptors (Lipinski definition) is 7. The first-order valence-corrected chi connectivity index (χ1v) is 12.5. The van der Waals surface area contributed by atoms with Crippen LogP contribution in [0.4, 0.5) is 5.69 Å². The minimum atomic E-state index is -0.366. The molecule has 178 valence electrons. The number of amides is 1. The summed E-state index contributed by atoms with van der Waals surface area (Å²) in [4.78, 5) is 12.8. The van der Waals surface area contributed by atoms with E-state index in [-0.39, 0.29) is 18.0 Å². The van der Waals surface area contributed by atoms with Crippen LogP contribution in [0.25, 0.3) is 0 Å². The van der Waals surface area contributed by atoms with E-state index in [2.05, 4.69) is 27.6 Å². The largest absolute Gasteiger partial charge is 0.486 e. The number of aromatic nitrogens is 3. The van der Waals surface area contributed by atoms with Crippen LogP contribution in [-0.4, -0.2) is 32.7 Å². The molecule has 5 rings (SSSR count). The molecule has 3 aromatic rings. The summed E-state index contributed by atoms with van der Waals surface area (Å²) in [6.45, 7) is 5.11. The van der Waals surface area contributed by atoms with Gasteiger partial charge in [-0.3, -0.25) is 4.79 Å². The smallest absolute Gasteiger partial charge is 0.237 e. The van der Waals surface area contributed by atoms with Crippen LogP contribution in [0.2, 0.25) is 0 Å². The molecule has 1 aromatic heterocycles. The molecule has 0 bridgehead atoms. The zero-order valence-electron chi connectivity index (χ0n) is 19.4. The Bertz CT molecular complexity index is 1200. The summed E-state index contributed by atoms with van der Waals surface area (Å²) < 4.78 is 18.7. The van der Waals surface area contributed by atoms with Gasteiger partial charge in [-0.2, -0.15) is 0 Å². The summed E-state index contributed by atoms with van der Waals surface area (Å²) in [5, 5.41) is 11.9. The van der Waals surface area contributed by atoms with Gasteiger partial charge in [-0.05, 0) is 74.9 Å². The van der Waals surface area contributed by atoms with E-state index in [1.807, 2.05) is 24.5 Å². The fourth-order valence-electron chi connectivity index (χ4n) is 4.21. The van der Waals surface area contributed by atoms with Crippen molar-refractivity contribution in [2.75, 3.05) is 12.1 Å². The van der Waals surface area contributed by atoms with E-state index in [4.69, 9.17) is 14.2 Å². The van der Waals surface area contributed by atoms with Gasteiger partial charge >= 0.3 is 0 Å². The summed E-state index contributed by atoms with van der Waals surface area (Å²) in [5.74, 6) is 2.79. The van der Waals surface area contributed by atoms with Crippen LogP contribution in [-0.2, 0) is 30.8 Å². The average Bonchev–Trinajstić information content (AvgIpc) is 3.48. The van der Waals surface area contributed by atoms with E-state index in [1.165, 1.54) is 35.7 Å². The Kier molecular flexibility index (Phi) is 6.62. The van der Waals surface area contributed by atoms with Crippen molar-refractivity contribution in [2.45, 2.75) is 63.1 Å². The van der Waals surface area contributed by atoms with Crippen LogP contribution < -0.4 is 19.5 Å². The Balaban J connectivity index is 1.20. The number of ether oxygens (including phenoxy) is 3. The van der Waals surface area contributed by atoms with E-state index in [1.54, 1.807) is 18.2 Å². The molecule has 0 saturated heterocycles. The second-order valence-electron chi connectivity index (χ2n) is 8.39. The maximum absolute atomic E-state index is 12.8. The van der Waals surface area contributed by atoms with Gasteiger partial charge in [0.05, 0.1) is 5.25 Å². The van der Waals surface area contributed by atoms with Crippen LogP contribution in [0.3, 0.4) is 0 Å². The van der Waals surface area contributed by atoms with E-state index >= 15 is 0 Å². The molecule has 9 heteroatoms. The topological polar surface area (TPSA) is 87.5 Å². The van der Waals surface area contributed by atoms with Gasteiger partial charge in [0.15, 0.2) is 22.5 Å². The Morgan fingerprint density at radius 3 is 2.79 bits per heavy atom. The lowest BCUT2D eigenvalue weighted by atomic mass is 9.92. The number of rotatable bonds is 8. The van der Waals surface area contributed by atoms with Crippen molar-refractivity contribution >= 4 is 23.4 Å². The average molecular weight is 481 g/mol. The molecule has 2 aromatic carbocycles. The number of hydrogen-bond donors (Lipinski definition) is 1. The number of benzene rings is 2. The van der Waals surface area contributed by atoms with Gasteiger partial charge in [0.2, 0.25) is 12.7 Å². The van der Waals surface area contributed by atoms with Crippen LogP contribution in [0, 0.1) is 0 Å². The molecule has 0 spiro atoms. The van der Waals surface area contributed by atoms with E-state index in [9.17, 15) is 4.79 Å². The lowest BCUT2D eigenvalue weighted by molar-refractivity contribution is -0.115. The molecule has 2 aliphatic rings. The van der Waals surface area contributed by atoms with E-state index < -0.39 is 0 Å². The molecule has 0 saturated carbocycles. The third-order valence-electron chi connectivity index (χ3n) is 6.09. The standard InChI is InChI=1S/C25H28N4O4S/c1-3-29-23(14-31-20-10-8-17-6-4-5-7-18(17)12-20)27-28-25(29)34-16(2)24(30)26-19-9-11-21-22(13-19)33-15-32-21/h8-13,16H,3-7,14-15H2,1-2H3,(H,26,30). The molecular formula is C25H28N4O4S. The van der Waals surface area contributed by atoms with Gasteiger partial charge in [-0.25, -0.2) is 0 Å². The van der Waals surface area contributed by atoms with Crippen molar-refractivity contribution in [1.82, 2.24) is 14.8 Å². The van der Waals surface area contributed by atoms with Crippen molar-refractivity contribution in [3.63, 3.8) is 0 Å². The highest BCUT2D eigenvalue weighted by Crippen LogP contribution is 2.34.